The molecule has 2 heteroatoms. The Hall–Kier alpha value is -1.41. The lowest BCUT2D eigenvalue weighted by Crippen LogP contribution is -2.15. The number of hydrogen-bond acceptors (Lipinski definition) is 1. The van der Waals surface area contributed by atoms with Gasteiger partial charge in [0.05, 0.1) is 4.99 Å². The van der Waals surface area contributed by atoms with E-state index in [0.29, 0.717) is 5.92 Å². The molecule has 0 bridgehead atoms. The van der Waals surface area contributed by atoms with Crippen LogP contribution in [0.4, 0.5) is 5.69 Å². The van der Waals surface area contributed by atoms with Crippen molar-refractivity contribution in [2.45, 2.75) is 13.8 Å². The molecule has 2 aromatic rings. The van der Waals surface area contributed by atoms with Gasteiger partial charge in [0, 0.05) is 17.0 Å². The highest BCUT2D eigenvalue weighted by molar-refractivity contribution is 7.80. The van der Waals surface area contributed by atoms with Gasteiger partial charge >= 0.3 is 0 Å². The molecular formula is C14H15NS. The van der Waals surface area contributed by atoms with Crippen LogP contribution in [0.3, 0.4) is 0 Å². The molecule has 1 N–H and O–H groups in total. The molecule has 0 amide bonds. The van der Waals surface area contributed by atoms with E-state index in [4.69, 9.17) is 12.2 Å². The molecule has 0 aliphatic rings. The Balaban J connectivity index is 2.41. The van der Waals surface area contributed by atoms with Crippen LogP contribution in [0.2, 0.25) is 0 Å². The smallest absolute Gasteiger partial charge is 0.0823 e. The molecule has 0 radical (unpaired) electrons. The van der Waals surface area contributed by atoms with E-state index in [1.165, 1.54) is 10.8 Å². The van der Waals surface area contributed by atoms with Gasteiger partial charge < -0.3 is 5.32 Å². The third kappa shape index (κ3) is 2.22. The topological polar surface area (TPSA) is 12.0 Å². The summed E-state index contributed by atoms with van der Waals surface area (Å²) in [6.45, 7) is 4.20. The van der Waals surface area contributed by atoms with Gasteiger partial charge in [0.15, 0.2) is 0 Å². The van der Waals surface area contributed by atoms with Crippen molar-refractivity contribution in [3.63, 3.8) is 0 Å². The van der Waals surface area contributed by atoms with E-state index in [1.54, 1.807) is 0 Å². The van der Waals surface area contributed by atoms with Crippen LogP contribution in [0, 0.1) is 5.92 Å². The van der Waals surface area contributed by atoms with Gasteiger partial charge in [-0.3, -0.25) is 0 Å². The molecule has 2 aromatic carbocycles. The highest BCUT2D eigenvalue weighted by Crippen LogP contribution is 2.23. The van der Waals surface area contributed by atoms with Gasteiger partial charge in [-0.25, -0.2) is 0 Å². The van der Waals surface area contributed by atoms with Crippen LogP contribution in [0.5, 0.6) is 0 Å². The lowest BCUT2D eigenvalue weighted by atomic mass is 10.1. The number of thiocarbonyl (C=S) groups is 1. The van der Waals surface area contributed by atoms with Crippen LogP contribution in [0.25, 0.3) is 10.8 Å². The Morgan fingerprint density at radius 2 is 1.75 bits per heavy atom. The van der Waals surface area contributed by atoms with E-state index in [0.717, 1.165) is 10.7 Å². The second-order valence-electron chi connectivity index (χ2n) is 4.17. The van der Waals surface area contributed by atoms with Gasteiger partial charge in [0.2, 0.25) is 0 Å². The van der Waals surface area contributed by atoms with Crippen molar-refractivity contribution < 1.29 is 0 Å². The minimum Gasteiger partial charge on any atom is -0.349 e. The average Bonchev–Trinajstić information content (AvgIpc) is 2.29. The summed E-state index contributed by atoms with van der Waals surface area (Å²) in [5.41, 5.74) is 1.09. The molecular weight excluding hydrogens is 214 g/mol. The van der Waals surface area contributed by atoms with Crippen molar-refractivity contribution in [1.82, 2.24) is 0 Å². The molecule has 0 heterocycles. The van der Waals surface area contributed by atoms with Gasteiger partial charge in [-0.15, -0.1) is 0 Å². The zero-order valence-corrected chi connectivity index (χ0v) is 10.3. The molecule has 2 rings (SSSR count). The van der Waals surface area contributed by atoms with Crippen molar-refractivity contribution >= 4 is 33.7 Å². The average molecular weight is 229 g/mol. The molecule has 0 aliphatic carbocycles. The molecule has 0 aliphatic heterocycles. The first-order valence-electron chi connectivity index (χ1n) is 5.47. The van der Waals surface area contributed by atoms with E-state index >= 15 is 0 Å². The van der Waals surface area contributed by atoms with Crippen LogP contribution in [0.15, 0.2) is 42.5 Å². The van der Waals surface area contributed by atoms with E-state index in [1.807, 2.05) is 18.2 Å². The SMILES string of the molecule is CC(C)C(=S)Nc1cccc2ccccc12. The van der Waals surface area contributed by atoms with Crippen molar-refractivity contribution in [3.05, 3.63) is 42.5 Å². The summed E-state index contributed by atoms with van der Waals surface area (Å²) >= 11 is 5.31. The van der Waals surface area contributed by atoms with Crippen LogP contribution in [-0.4, -0.2) is 4.99 Å². The molecule has 0 atom stereocenters. The summed E-state index contributed by atoms with van der Waals surface area (Å²) in [4.78, 5) is 0.886. The summed E-state index contributed by atoms with van der Waals surface area (Å²) < 4.78 is 0. The molecule has 82 valence electrons. The van der Waals surface area contributed by atoms with Gasteiger partial charge in [-0.1, -0.05) is 62.5 Å². The minimum atomic E-state index is 0.369. The van der Waals surface area contributed by atoms with E-state index < -0.39 is 0 Å². The second kappa shape index (κ2) is 4.62. The summed E-state index contributed by atoms with van der Waals surface area (Å²) in [6, 6.07) is 14.5. The predicted molar refractivity (Wildman–Crippen MR) is 75.0 cm³/mol. The van der Waals surface area contributed by atoms with Crippen LogP contribution >= 0.6 is 12.2 Å². The van der Waals surface area contributed by atoms with Gasteiger partial charge in [0.1, 0.15) is 0 Å². The summed E-state index contributed by atoms with van der Waals surface area (Å²) in [5, 5.41) is 5.77. The van der Waals surface area contributed by atoms with Crippen molar-refractivity contribution in [2.75, 3.05) is 5.32 Å². The van der Waals surface area contributed by atoms with Crippen LogP contribution in [0.1, 0.15) is 13.8 Å². The molecule has 0 spiro atoms. The highest BCUT2D eigenvalue weighted by Gasteiger charge is 2.05. The molecule has 0 saturated carbocycles. The third-order valence-electron chi connectivity index (χ3n) is 2.57. The number of nitrogens with one attached hydrogen (secondary N) is 1. The maximum Gasteiger partial charge on any atom is 0.0823 e. The monoisotopic (exact) mass is 229 g/mol. The number of hydrogen-bond donors (Lipinski definition) is 1. The van der Waals surface area contributed by atoms with E-state index in [9.17, 15) is 0 Å². The number of fused-ring (bicyclic) bond motifs is 1. The zero-order valence-electron chi connectivity index (χ0n) is 9.53. The molecule has 0 saturated heterocycles. The molecule has 0 unspecified atom stereocenters. The fourth-order valence-corrected chi connectivity index (χ4v) is 1.72. The van der Waals surface area contributed by atoms with Crippen molar-refractivity contribution in [1.29, 1.82) is 0 Å². The third-order valence-corrected chi connectivity index (χ3v) is 3.15. The lowest BCUT2D eigenvalue weighted by Gasteiger charge is -2.12. The summed E-state index contributed by atoms with van der Waals surface area (Å²) in [7, 11) is 0. The predicted octanol–water partition coefficient (Wildman–Crippen LogP) is 4.24. The maximum atomic E-state index is 5.31. The molecule has 16 heavy (non-hydrogen) atoms. The van der Waals surface area contributed by atoms with Crippen LogP contribution in [-0.2, 0) is 0 Å². The normalized spacial score (nSPS) is 10.7. The summed E-state index contributed by atoms with van der Waals surface area (Å²) in [6.07, 6.45) is 0. The van der Waals surface area contributed by atoms with Gasteiger partial charge in [-0.05, 0) is 11.5 Å². The largest absolute Gasteiger partial charge is 0.349 e. The fraction of sp³-hybridized carbons (Fsp3) is 0.214. The quantitative estimate of drug-likeness (QED) is 0.773. The Morgan fingerprint density at radius 1 is 1.06 bits per heavy atom. The number of rotatable bonds is 2. The standard InChI is InChI=1S/C14H15NS/c1-10(2)14(16)15-13-9-5-7-11-6-3-4-8-12(11)13/h3-10H,1-2H3,(H,15,16). The minimum absolute atomic E-state index is 0.369. The van der Waals surface area contributed by atoms with Gasteiger partial charge in [0.25, 0.3) is 0 Å². The van der Waals surface area contributed by atoms with Crippen LogP contribution < -0.4 is 5.32 Å². The van der Waals surface area contributed by atoms with Crippen molar-refractivity contribution in [3.8, 4) is 0 Å². The lowest BCUT2D eigenvalue weighted by molar-refractivity contribution is 0.898. The first-order valence-corrected chi connectivity index (χ1v) is 5.88. The Bertz CT molecular complexity index is 512. The summed E-state index contributed by atoms with van der Waals surface area (Å²) in [5.74, 6) is 0.369. The van der Waals surface area contributed by atoms with Gasteiger partial charge in [-0.2, -0.15) is 0 Å². The Kier molecular flexibility index (Phi) is 3.20. The Morgan fingerprint density at radius 3 is 2.50 bits per heavy atom. The highest BCUT2D eigenvalue weighted by atomic mass is 32.1. The number of anilines is 1. The fourth-order valence-electron chi connectivity index (χ4n) is 1.61. The van der Waals surface area contributed by atoms with E-state index in [2.05, 4.69) is 43.4 Å². The second-order valence-corrected chi connectivity index (χ2v) is 4.61. The Labute approximate surface area is 101 Å². The molecule has 0 fully saturated rings. The maximum absolute atomic E-state index is 5.31. The zero-order chi connectivity index (χ0) is 11.5. The van der Waals surface area contributed by atoms with Crippen molar-refractivity contribution in [2.24, 2.45) is 5.92 Å². The number of benzene rings is 2. The molecule has 1 nitrogen and oxygen atoms in total. The first kappa shape index (κ1) is 11.1. The molecule has 0 aromatic heterocycles. The van der Waals surface area contributed by atoms with E-state index in [-0.39, 0.29) is 0 Å². The first-order chi connectivity index (χ1) is 7.68.